The molecule has 0 N–H and O–H groups in total. The maximum absolute atomic E-state index is 13.0. The Morgan fingerprint density at radius 3 is 2.55 bits per heavy atom. The third kappa shape index (κ3) is 4.25. The van der Waals surface area contributed by atoms with Gasteiger partial charge in [0.1, 0.15) is 0 Å². The molecule has 0 aromatic heterocycles. The molecular weight excluding hydrogens is 403 g/mol. The molecule has 31 heavy (non-hydrogen) atoms. The highest BCUT2D eigenvalue weighted by atomic mass is 19.4. The van der Waals surface area contributed by atoms with Crippen LogP contribution < -0.4 is 9.80 Å². The van der Waals surface area contributed by atoms with Crippen LogP contribution in [0.25, 0.3) is 10.8 Å². The summed E-state index contributed by atoms with van der Waals surface area (Å²) in [5.41, 5.74) is 2.47. The average Bonchev–Trinajstić information content (AvgIpc) is 3.53. The van der Waals surface area contributed by atoms with Crippen LogP contribution in [0.15, 0.2) is 30.3 Å². The van der Waals surface area contributed by atoms with Crippen molar-refractivity contribution in [3.63, 3.8) is 0 Å². The maximum atomic E-state index is 13.0. The number of halogens is 3. The number of rotatable bonds is 6. The summed E-state index contributed by atoms with van der Waals surface area (Å²) in [6, 6.07) is 9.69. The van der Waals surface area contributed by atoms with Gasteiger partial charge in [0.15, 0.2) is 0 Å². The van der Waals surface area contributed by atoms with Crippen molar-refractivity contribution in [1.29, 1.82) is 0 Å². The number of amides is 1. The van der Waals surface area contributed by atoms with E-state index < -0.39 is 12.6 Å². The quantitative estimate of drug-likeness (QED) is 0.639. The first-order chi connectivity index (χ1) is 14.9. The molecule has 4 nitrogen and oxygen atoms in total. The van der Waals surface area contributed by atoms with Gasteiger partial charge in [0.2, 0.25) is 0 Å². The molecule has 0 atom stereocenters. The molecule has 2 fully saturated rings. The van der Waals surface area contributed by atoms with Crippen molar-refractivity contribution in [2.75, 3.05) is 49.1 Å². The molecule has 1 saturated carbocycles. The van der Waals surface area contributed by atoms with Gasteiger partial charge in [0.25, 0.3) is 5.91 Å². The fourth-order valence-electron chi connectivity index (χ4n) is 5.03. The van der Waals surface area contributed by atoms with Crippen molar-refractivity contribution in [1.82, 2.24) is 4.90 Å². The first-order valence-electron chi connectivity index (χ1n) is 11.3. The van der Waals surface area contributed by atoms with E-state index in [9.17, 15) is 18.0 Å². The Bertz CT molecular complexity index is 986. The maximum Gasteiger partial charge on any atom is 0.389 e. The zero-order valence-electron chi connectivity index (χ0n) is 17.6. The van der Waals surface area contributed by atoms with Crippen LogP contribution in [0, 0.1) is 5.92 Å². The zero-order valence-corrected chi connectivity index (χ0v) is 17.6. The third-order valence-corrected chi connectivity index (χ3v) is 6.75. The van der Waals surface area contributed by atoms with Gasteiger partial charge in [0.05, 0.1) is 5.69 Å². The van der Waals surface area contributed by atoms with Gasteiger partial charge in [-0.3, -0.25) is 4.79 Å². The van der Waals surface area contributed by atoms with E-state index in [1.54, 1.807) is 6.07 Å². The molecule has 0 radical (unpaired) electrons. The van der Waals surface area contributed by atoms with Gasteiger partial charge in [-0.2, -0.15) is 13.2 Å². The minimum atomic E-state index is -4.20. The van der Waals surface area contributed by atoms with Crippen LogP contribution in [0.4, 0.5) is 24.5 Å². The molecule has 0 unspecified atom stereocenters. The van der Waals surface area contributed by atoms with Crippen molar-refractivity contribution in [2.45, 2.75) is 38.3 Å². The number of carbonyl (C=O) groups is 1. The summed E-state index contributed by atoms with van der Waals surface area (Å²) in [5, 5.41) is 1.91. The predicted molar refractivity (Wildman–Crippen MR) is 117 cm³/mol. The van der Waals surface area contributed by atoms with E-state index in [0.29, 0.717) is 5.56 Å². The van der Waals surface area contributed by atoms with E-state index in [1.165, 1.54) is 24.3 Å². The normalized spacial score (nSPS) is 20.0. The molecule has 0 spiro atoms. The minimum absolute atomic E-state index is 0.0846. The van der Waals surface area contributed by atoms with Gasteiger partial charge in [-0.1, -0.05) is 12.1 Å². The molecule has 1 saturated heterocycles. The van der Waals surface area contributed by atoms with Crippen molar-refractivity contribution in [2.24, 2.45) is 5.92 Å². The molecular formula is C24H28F3N3O. The number of hydrogen-bond acceptors (Lipinski definition) is 3. The smallest absolute Gasteiger partial charge is 0.370 e. The van der Waals surface area contributed by atoms with Gasteiger partial charge >= 0.3 is 6.18 Å². The Balaban J connectivity index is 1.39. The van der Waals surface area contributed by atoms with Crippen LogP contribution in [0.1, 0.15) is 42.5 Å². The topological polar surface area (TPSA) is 26.8 Å². The summed E-state index contributed by atoms with van der Waals surface area (Å²) < 4.78 is 37.8. The molecule has 2 heterocycles. The van der Waals surface area contributed by atoms with Crippen LogP contribution >= 0.6 is 0 Å². The highest BCUT2D eigenvalue weighted by Crippen LogP contribution is 2.42. The van der Waals surface area contributed by atoms with E-state index in [-0.39, 0.29) is 18.9 Å². The molecule has 5 rings (SSSR count). The number of benzene rings is 2. The summed E-state index contributed by atoms with van der Waals surface area (Å²) in [6.45, 7) is 5.39. The summed E-state index contributed by atoms with van der Waals surface area (Å²) in [4.78, 5) is 19.5. The second kappa shape index (κ2) is 8.01. The summed E-state index contributed by atoms with van der Waals surface area (Å²) in [5.74, 6) is 0.698. The zero-order chi connectivity index (χ0) is 21.6. The second-order valence-corrected chi connectivity index (χ2v) is 9.09. The molecule has 3 aliphatic rings. The lowest BCUT2D eigenvalue weighted by Crippen LogP contribution is -2.32. The molecule has 2 aromatic carbocycles. The number of hydrogen-bond donors (Lipinski definition) is 0. The number of nitrogens with zero attached hydrogens (tertiary/aromatic N) is 3. The van der Waals surface area contributed by atoms with Gasteiger partial charge < -0.3 is 14.7 Å². The molecule has 7 heteroatoms. The summed E-state index contributed by atoms with van der Waals surface area (Å²) >= 11 is 0. The van der Waals surface area contributed by atoms with E-state index in [1.807, 2.05) is 24.3 Å². The summed E-state index contributed by atoms with van der Waals surface area (Å²) in [6.07, 6.45) is -1.33. The third-order valence-electron chi connectivity index (χ3n) is 6.75. The Morgan fingerprint density at radius 2 is 1.77 bits per heavy atom. The number of alkyl halides is 3. The van der Waals surface area contributed by atoms with Gasteiger partial charge in [-0.05, 0) is 56.3 Å². The van der Waals surface area contributed by atoms with E-state index >= 15 is 0 Å². The first kappa shape index (κ1) is 20.6. The van der Waals surface area contributed by atoms with E-state index in [4.69, 9.17) is 0 Å². The molecule has 1 amide bonds. The van der Waals surface area contributed by atoms with E-state index in [2.05, 4.69) is 9.80 Å². The Morgan fingerprint density at radius 1 is 0.968 bits per heavy atom. The van der Waals surface area contributed by atoms with Gasteiger partial charge in [-0.15, -0.1) is 0 Å². The lowest BCUT2D eigenvalue weighted by Gasteiger charge is -2.26. The minimum Gasteiger partial charge on any atom is -0.370 e. The lowest BCUT2D eigenvalue weighted by molar-refractivity contribution is -0.135. The molecule has 2 aliphatic heterocycles. The Hall–Kier alpha value is -2.28. The van der Waals surface area contributed by atoms with Crippen LogP contribution in [0.5, 0.6) is 0 Å². The highest BCUT2D eigenvalue weighted by Gasteiger charge is 2.33. The summed E-state index contributed by atoms with van der Waals surface area (Å²) in [7, 11) is 0. The van der Waals surface area contributed by atoms with E-state index in [0.717, 1.165) is 60.7 Å². The average molecular weight is 432 g/mol. The Labute approximate surface area is 180 Å². The van der Waals surface area contributed by atoms with Gasteiger partial charge in [0, 0.05) is 61.2 Å². The van der Waals surface area contributed by atoms with Crippen LogP contribution in [-0.4, -0.2) is 56.3 Å². The monoisotopic (exact) mass is 431 g/mol. The van der Waals surface area contributed by atoms with Crippen LogP contribution in [0.3, 0.4) is 0 Å². The fourth-order valence-corrected chi connectivity index (χ4v) is 5.03. The highest BCUT2D eigenvalue weighted by molar-refractivity contribution is 6.26. The van der Waals surface area contributed by atoms with Gasteiger partial charge in [-0.25, -0.2) is 0 Å². The first-order valence-corrected chi connectivity index (χ1v) is 11.3. The molecule has 166 valence electrons. The lowest BCUT2D eigenvalue weighted by atomic mass is 10.0. The standard InChI is InChI=1S/C24H28F3N3O/c25-24(26,27)10-2-13-30-21-9-8-20(18-4-1-5-19(22(18)21)23(30)31)29-12-3-11-28(14-15-29)16-17-6-7-17/h1,4-5,8-9,17H,2-3,6-7,10-16H2. The van der Waals surface area contributed by atoms with Crippen molar-refractivity contribution < 1.29 is 18.0 Å². The predicted octanol–water partition coefficient (Wildman–Crippen LogP) is 5.06. The van der Waals surface area contributed by atoms with Crippen molar-refractivity contribution >= 4 is 28.1 Å². The number of carbonyl (C=O) groups excluding carboxylic acids is 1. The van der Waals surface area contributed by atoms with Crippen molar-refractivity contribution in [3.8, 4) is 0 Å². The molecule has 0 bridgehead atoms. The SMILES string of the molecule is O=C1c2cccc3c(N4CCCN(CC5CC5)CC4)ccc(c23)N1CCCC(F)(F)F. The van der Waals surface area contributed by atoms with Crippen LogP contribution in [-0.2, 0) is 0 Å². The van der Waals surface area contributed by atoms with Crippen LogP contribution in [0.2, 0.25) is 0 Å². The van der Waals surface area contributed by atoms with Crippen molar-refractivity contribution in [3.05, 3.63) is 35.9 Å². The second-order valence-electron chi connectivity index (χ2n) is 9.09. The molecule has 1 aliphatic carbocycles. The fraction of sp³-hybridized carbons (Fsp3) is 0.542. The number of anilines is 2. The largest absolute Gasteiger partial charge is 0.389 e. The Kier molecular flexibility index (Phi) is 5.32. The molecule has 2 aromatic rings.